The van der Waals surface area contributed by atoms with Crippen LogP contribution in [-0.2, 0) is 9.63 Å². The molecule has 0 radical (unpaired) electrons. The molecule has 1 unspecified atom stereocenters. The highest BCUT2D eigenvalue weighted by Crippen LogP contribution is 2.34. The molecule has 0 N–H and O–H groups in total. The van der Waals surface area contributed by atoms with Crippen LogP contribution in [0.4, 0.5) is 4.39 Å². The van der Waals surface area contributed by atoms with E-state index in [1.54, 1.807) is 19.1 Å². The summed E-state index contributed by atoms with van der Waals surface area (Å²) in [5.74, 6) is -0.218. The maximum absolute atomic E-state index is 13.1. The Morgan fingerprint density at radius 3 is 2.65 bits per heavy atom. The number of hydrogen-bond acceptors (Lipinski definition) is 4. The normalized spacial score (nSPS) is 19.1. The van der Waals surface area contributed by atoms with Crippen molar-refractivity contribution in [2.75, 3.05) is 6.61 Å². The van der Waals surface area contributed by atoms with Crippen molar-refractivity contribution in [3.05, 3.63) is 52.7 Å². The van der Waals surface area contributed by atoms with E-state index in [9.17, 15) is 9.18 Å². The summed E-state index contributed by atoms with van der Waals surface area (Å²) in [5.41, 5.74) is 2.37. The molecule has 122 valence electrons. The average Bonchev–Trinajstić information content (AvgIpc) is 3.14. The third kappa shape index (κ3) is 2.86. The van der Waals surface area contributed by atoms with Gasteiger partial charge in [-0.3, -0.25) is 9.63 Å². The predicted molar refractivity (Wildman–Crippen MR) is 80.9 cm³/mol. The maximum Gasteiger partial charge on any atom is 0.254 e. The quantitative estimate of drug-likeness (QED) is 0.870. The van der Waals surface area contributed by atoms with Gasteiger partial charge in [-0.2, -0.15) is 0 Å². The van der Waals surface area contributed by atoms with Crippen molar-refractivity contribution in [1.82, 2.24) is 10.2 Å². The van der Waals surface area contributed by atoms with Gasteiger partial charge in [-0.15, -0.1) is 0 Å². The Morgan fingerprint density at radius 1 is 1.35 bits per heavy atom. The van der Waals surface area contributed by atoms with Crippen LogP contribution in [-0.4, -0.2) is 22.7 Å². The Kier molecular flexibility index (Phi) is 4.17. The minimum absolute atomic E-state index is 0.147. The second-order valence-corrected chi connectivity index (χ2v) is 5.81. The third-order valence-electron chi connectivity index (χ3n) is 4.27. The Hall–Kier alpha value is -2.21. The number of carbonyl (C=O) groups excluding carboxylic acids is 1. The number of benzene rings is 1. The second-order valence-electron chi connectivity index (χ2n) is 5.81. The van der Waals surface area contributed by atoms with Gasteiger partial charge in [0.05, 0.1) is 24.3 Å². The number of nitrogens with zero attached hydrogens (tertiary/aromatic N) is 2. The maximum atomic E-state index is 13.1. The molecule has 1 aliphatic heterocycles. The first-order chi connectivity index (χ1) is 11.0. The Balaban J connectivity index is 1.85. The molecular weight excluding hydrogens is 299 g/mol. The zero-order valence-electron chi connectivity index (χ0n) is 13.4. The molecule has 0 saturated carbocycles. The summed E-state index contributed by atoms with van der Waals surface area (Å²) < 4.78 is 18.3. The van der Waals surface area contributed by atoms with E-state index in [1.807, 2.05) is 13.8 Å². The monoisotopic (exact) mass is 318 g/mol. The third-order valence-corrected chi connectivity index (χ3v) is 4.27. The van der Waals surface area contributed by atoms with E-state index in [2.05, 4.69) is 5.16 Å². The van der Waals surface area contributed by atoms with Crippen molar-refractivity contribution in [2.24, 2.45) is 0 Å². The summed E-state index contributed by atoms with van der Waals surface area (Å²) in [6.07, 6.45) is 0.686. The zero-order valence-corrected chi connectivity index (χ0v) is 13.4. The lowest BCUT2D eigenvalue weighted by Gasteiger charge is -2.25. The van der Waals surface area contributed by atoms with E-state index in [0.29, 0.717) is 24.5 Å². The Morgan fingerprint density at radius 2 is 2.04 bits per heavy atom. The smallest absolute Gasteiger partial charge is 0.254 e. The molecule has 2 heterocycles. The molecule has 23 heavy (non-hydrogen) atoms. The predicted octanol–water partition coefficient (Wildman–Crippen LogP) is 3.44. The summed E-state index contributed by atoms with van der Waals surface area (Å²) >= 11 is 0. The van der Waals surface area contributed by atoms with E-state index in [-0.39, 0.29) is 17.8 Å². The first-order valence-electron chi connectivity index (χ1n) is 7.63. The molecule has 0 spiro atoms. The molecule has 6 heteroatoms. The first kappa shape index (κ1) is 15.7. The lowest BCUT2D eigenvalue weighted by molar-refractivity contribution is -0.178. The minimum atomic E-state index is -0.415. The second kappa shape index (κ2) is 6.12. The summed E-state index contributed by atoms with van der Waals surface area (Å²) in [6.45, 7) is 5.89. The lowest BCUT2D eigenvalue weighted by Crippen LogP contribution is -2.33. The van der Waals surface area contributed by atoms with Crippen molar-refractivity contribution in [3.8, 4) is 0 Å². The van der Waals surface area contributed by atoms with Crippen LogP contribution in [0, 0.1) is 19.7 Å². The molecule has 1 saturated heterocycles. The van der Waals surface area contributed by atoms with Crippen molar-refractivity contribution >= 4 is 5.91 Å². The van der Waals surface area contributed by atoms with E-state index in [1.165, 1.54) is 17.2 Å². The zero-order chi connectivity index (χ0) is 16.6. The van der Waals surface area contributed by atoms with Gasteiger partial charge in [-0.05, 0) is 38.5 Å². The molecule has 3 rings (SSSR count). The number of carbonyl (C=O) groups is 1. The highest BCUT2D eigenvalue weighted by atomic mass is 19.1. The number of hydrogen-bond donors (Lipinski definition) is 0. The van der Waals surface area contributed by atoms with Gasteiger partial charge in [0.15, 0.2) is 0 Å². The summed E-state index contributed by atoms with van der Waals surface area (Å²) in [4.78, 5) is 18.4. The van der Waals surface area contributed by atoms with Gasteiger partial charge in [0, 0.05) is 12.0 Å². The average molecular weight is 318 g/mol. The molecule has 1 amide bonds. The van der Waals surface area contributed by atoms with Gasteiger partial charge < -0.3 is 4.52 Å². The number of halogens is 1. The Labute approximate surface area is 134 Å². The molecule has 1 aromatic carbocycles. The van der Waals surface area contributed by atoms with Crippen LogP contribution in [0.25, 0.3) is 0 Å². The van der Waals surface area contributed by atoms with Crippen molar-refractivity contribution < 1.29 is 18.5 Å². The number of hydroxylamine groups is 2. The molecule has 1 aromatic heterocycles. The molecule has 2 aromatic rings. The molecule has 5 nitrogen and oxygen atoms in total. The van der Waals surface area contributed by atoms with Gasteiger partial charge in [-0.1, -0.05) is 17.3 Å². The summed E-state index contributed by atoms with van der Waals surface area (Å²) in [5, 5.41) is 5.31. The van der Waals surface area contributed by atoms with Crippen LogP contribution in [0.5, 0.6) is 0 Å². The van der Waals surface area contributed by atoms with Gasteiger partial charge in [0.1, 0.15) is 11.6 Å². The van der Waals surface area contributed by atoms with Crippen molar-refractivity contribution in [1.29, 1.82) is 0 Å². The highest BCUT2D eigenvalue weighted by Gasteiger charge is 2.36. The molecule has 2 atom stereocenters. The van der Waals surface area contributed by atoms with Crippen LogP contribution in [0.3, 0.4) is 0 Å². The lowest BCUT2D eigenvalue weighted by atomic mass is 9.97. The SMILES string of the molecule is Cc1noc(C)c1C(C)C(=O)N1OCC[C@H]1c1ccc(F)cc1. The van der Waals surface area contributed by atoms with Crippen molar-refractivity contribution in [2.45, 2.75) is 39.2 Å². The van der Waals surface area contributed by atoms with Gasteiger partial charge in [-0.25, -0.2) is 9.45 Å². The van der Waals surface area contributed by atoms with E-state index < -0.39 is 5.92 Å². The van der Waals surface area contributed by atoms with Crippen LogP contribution >= 0.6 is 0 Å². The van der Waals surface area contributed by atoms with Crippen LogP contribution in [0.1, 0.15) is 47.9 Å². The number of amides is 1. The molecule has 0 aliphatic carbocycles. The standard InChI is InChI=1S/C17H19FN2O3/c1-10(16-11(2)19-23-12(16)3)17(21)20-15(8-9-22-20)13-4-6-14(18)7-5-13/h4-7,10,15H,8-9H2,1-3H3/t10?,15-/m0/s1. The van der Waals surface area contributed by atoms with E-state index in [0.717, 1.165) is 11.1 Å². The molecule has 1 aliphatic rings. The van der Waals surface area contributed by atoms with Gasteiger partial charge in [0.25, 0.3) is 5.91 Å². The van der Waals surface area contributed by atoms with E-state index >= 15 is 0 Å². The number of rotatable bonds is 3. The van der Waals surface area contributed by atoms with E-state index in [4.69, 9.17) is 9.36 Å². The van der Waals surface area contributed by atoms with Crippen LogP contribution < -0.4 is 0 Å². The first-order valence-corrected chi connectivity index (χ1v) is 7.63. The fourth-order valence-corrected chi connectivity index (χ4v) is 3.10. The molecular formula is C17H19FN2O3. The van der Waals surface area contributed by atoms with Gasteiger partial charge in [0.2, 0.25) is 0 Å². The van der Waals surface area contributed by atoms with Crippen molar-refractivity contribution in [3.63, 3.8) is 0 Å². The topological polar surface area (TPSA) is 55.6 Å². The fraction of sp³-hybridized carbons (Fsp3) is 0.412. The molecule has 1 fully saturated rings. The van der Waals surface area contributed by atoms with Crippen LogP contribution in [0.15, 0.2) is 28.8 Å². The highest BCUT2D eigenvalue weighted by molar-refractivity contribution is 5.83. The Bertz CT molecular complexity index is 692. The number of aryl methyl sites for hydroxylation is 2. The summed E-state index contributed by atoms with van der Waals surface area (Å²) in [7, 11) is 0. The number of aromatic nitrogens is 1. The van der Waals surface area contributed by atoms with Crippen LogP contribution in [0.2, 0.25) is 0 Å². The largest absolute Gasteiger partial charge is 0.361 e. The fourth-order valence-electron chi connectivity index (χ4n) is 3.10. The minimum Gasteiger partial charge on any atom is -0.361 e. The van der Waals surface area contributed by atoms with Gasteiger partial charge >= 0.3 is 0 Å². The molecule has 0 bridgehead atoms. The summed E-state index contributed by atoms with van der Waals surface area (Å²) in [6, 6.07) is 5.97.